The zero-order valence-corrected chi connectivity index (χ0v) is 13.4. The van der Waals surface area contributed by atoms with Crippen LogP contribution in [0.2, 0.25) is 5.02 Å². The van der Waals surface area contributed by atoms with Crippen LogP contribution in [0.15, 0.2) is 55.0 Å². The van der Waals surface area contributed by atoms with E-state index in [-0.39, 0.29) is 0 Å². The summed E-state index contributed by atoms with van der Waals surface area (Å²) in [6.45, 7) is 0.595. The Morgan fingerprint density at radius 1 is 1.21 bits per heavy atom. The first-order chi connectivity index (χ1) is 11.6. The molecule has 3 heterocycles. The van der Waals surface area contributed by atoms with Crippen LogP contribution in [0.5, 0.6) is 0 Å². The lowest BCUT2D eigenvalue weighted by molar-refractivity contribution is 0.100. The summed E-state index contributed by atoms with van der Waals surface area (Å²) in [5.74, 6) is -0.480. The fourth-order valence-electron chi connectivity index (χ4n) is 2.88. The third kappa shape index (κ3) is 2.49. The van der Waals surface area contributed by atoms with Crippen molar-refractivity contribution < 1.29 is 4.79 Å². The van der Waals surface area contributed by atoms with Crippen LogP contribution in [0.25, 0.3) is 21.9 Å². The van der Waals surface area contributed by atoms with E-state index in [9.17, 15) is 4.79 Å². The minimum atomic E-state index is -0.480. The standard InChI is InChI=1S/C18H13ClN4O/c19-13-7-12-6-11(3-4-15(12)22-8-13)9-23-10-14(18(20)24)17-16(23)2-1-5-21-17/h1-8,10H,9H2,(H2,20,24). The molecular weight excluding hydrogens is 324 g/mol. The Morgan fingerprint density at radius 2 is 2.08 bits per heavy atom. The van der Waals surface area contributed by atoms with Crippen LogP contribution in [0.1, 0.15) is 15.9 Å². The molecule has 1 aromatic carbocycles. The highest BCUT2D eigenvalue weighted by atomic mass is 35.5. The number of hydrogen-bond acceptors (Lipinski definition) is 3. The predicted octanol–water partition coefficient (Wildman–Crippen LogP) is 3.39. The Morgan fingerprint density at radius 3 is 2.92 bits per heavy atom. The van der Waals surface area contributed by atoms with E-state index in [1.807, 2.05) is 41.0 Å². The van der Waals surface area contributed by atoms with E-state index in [1.54, 1.807) is 18.6 Å². The van der Waals surface area contributed by atoms with Crippen molar-refractivity contribution in [2.24, 2.45) is 5.73 Å². The zero-order valence-electron chi connectivity index (χ0n) is 12.6. The first-order valence-corrected chi connectivity index (χ1v) is 7.77. The second-order valence-corrected chi connectivity index (χ2v) is 6.02. The monoisotopic (exact) mass is 336 g/mol. The van der Waals surface area contributed by atoms with Gasteiger partial charge in [-0.3, -0.25) is 14.8 Å². The lowest BCUT2D eigenvalue weighted by Gasteiger charge is -2.07. The number of carbonyl (C=O) groups excluding carboxylic acids is 1. The molecule has 4 aromatic rings. The molecule has 5 nitrogen and oxygen atoms in total. The zero-order chi connectivity index (χ0) is 16.7. The van der Waals surface area contributed by atoms with Gasteiger partial charge in [0.05, 0.1) is 21.6 Å². The summed E-state index contributed by atoms with van der Waals surface area (Å²) in [7, 11) is 0. The van der Waals surface area contributed by atoms with Crippen molar-refractivity contribution in [1.29, 1.82) is 0 Å². The van der Waals surface area contributed by atoms with Crippen LogP contribution in [-0.2, 0) is 6.54 Å². The number of rotatable bonds is 3. The van der Waals surface area contributed by atoms with Gasteiger partial charge in [0.2, 0.25) is 0 Å². The van der Waals surface area contributed by atoms with Gasteiger partial charge in [0.15, 0.2) is 0 Å². The number of fused-ring (bicyclic) bond motifs is 2. The number of primary amides is 1. The molecule has 0 spiro atoms. The normalized spacial score (nSPS) is 11.2. The fourth-order valence-corrected chi connectivity index (χ4v) is 3.05. The van der Waals surface area contributed by atoms with Crippen LogP contribution in [0, 0.1) is 0 Å². The van der Waals surface area contributed by atoms with Crippen LogP contribution in [0.3, 0.4) is 0 Å². The number of benzene rings is 1. The number of carbonyl (C=O) groups is 1. The van der Waals surface area contributed by atoms with Gasteiger partial charge in [-0.1, -0.05) is 17.7 Å². The molecule has 0 aliphatic carbocycles. The molecule has 4 rings (SSSR count). The first kappa shape index (κ1) is 14.7. The van der Waals surface area contributed by atoms with Crippen molar-refractivity contribution in [3.63, 3.8) is 0 Å². The number of halogens is 1. The number of nitrogens with two attached hydrogens (primary N) is 1. The number of amides is 1. The second-order valence-electron chi connectivity index (χ2n) is 5.59. The number of hydrogen-bond donors (Lipinski definition) is 1. The number of nitrogens with zero attached hydrogens (tertiary/aromatic N) is 3. The SMILES string of the molecule is NC(=O)c1cn(Cc2ccc3ncc(Cl)cc3c2)c2cccnc12. The highest BCUT2D eigenvalue weighted by Gasteiger charge is 2.13. The Bertz CT molecular complexity index is 1090. The van der Waals surface area contributed by atoms with E-state index >= 15 is 0 Å². The molecule has 0 saturated carbocycles. The van der Waals surface area contributed by atoms with Crippen LogP contribution < -0.4 is 5.73 Å². The van der Waals surface area contributed by atoms with E-state index in [0.29, 0.717) is 22.6 Å². The Labute approximate surface area is 142 Å². The van der Waals surface area contributed by atoms with Crippen molar-refractivity contribution >= 4 is 39.4 Å². The lowest BCUT2D eigenvalue weighted by Crippen LogP contribution is -2.10. The van der Waals surface area contributed by atoms with Crippen LogP contribution >= 0.6 is 11.6 Å². The summed E-state index contributed by atoms with van der Waals surface area (Å²) in [6, 6.07) is 11.7. The van der Waals surface area contributed by atoms with Gasteiger partial charge in [-0.25, -0.2) is 0 Å². The third-order valence-electron chi connectivity index (χ3n) is 3.97. The summed E-state index contributed by atoms with van der Waals surface area (Å²) in [6.07, 6.45) is 5.04. The van der Waals surface area contributed by atoms with E-state index in [2.05, 4.69) is 9.97 Å². The van der Waals surface area contributed by atoms with Gasteiger partial charge in [0.25, 0.3) is 5.91 Å². The molecule has 0 aliphatic heterocycles. The molecule has 118 valence electrons. The predicted molar refractivity (Wildman–Crippen MR) is 94.1 cm³/mol. The van der Waals surface area contributed by atoms with Gasteiger partial charge >= 0.3 is 0 Å². The molecule has 1 amide bonds. The van der Waals surface area contributed by atoms with Gasteiger partial charge in [0, 0.05) is 30.5 Å². The fraction of sp³-hybridized carbons (Fsp3) is 0.0556. The van der Waals surface area contributed by atoms with Crippen molar-refractivity contribution in [3.05, 3.63) is 71.1 Å². The molecule has 2 N–H and O–H groups in total. The summed E-state index contributed by atoms with van der Waals surface area (Å²) in [5.41, 5.74) is 9.34. The maximum Gasteiger partial charge on any atom is 0.252 e. The van der Waals surface area contributed by atoms with Crippen molar-refractivity contribution in [3.8, 4) is 0 Å². The van der Waals surface area contributed by atoms with Gasteiger partial charge in [-0.15, -0.1) is 0 Å². The second kappa shape index (κ2) is 5.62. The van der Waals surface area contributed by atoms with Crippen molar-refractivity contribution in [2.45, 2.75) is 6.54 Å². The van der Waals surface area contributed by atoms with Crippen molar-refractivity contribution in [1.82, 2.24) is 14.5 Å². The van der Waals surface area contributed by atoms with E-state index < -0.39 is 5.91 Å². The number of aromatic nitrogens is 3. The molecule has 24 heavy (non-hydrogen) atoms. The Balaban J connectivity index is 1.80. The topological polar surface area (TPSA) is 73.8 Å². The van der Waals surface area contributed by atoms with Gasteiger partial charge in [-0.05, 0) is 35.9 Å². The average Bonchev–Trinajstić information content (AvgIpc) is 2.94. The van der Waals surface area contributed by atoms with Gasteiger partial charge in [0.1, 0.15) is 5.52 Å². The summed E-state index contributed by atoms with van der Waals surface area (Å²) >= 11 is 6.02. The lowest BCUT2D eigenvalue weighted by atomic mass is 10.1. The molecule has 3 aromatic heterocycles. The van der Waals surface area contributed by atoms with E-state index in [4.69, 9.17) is 17.3 Å². The molecular formula is C18H13ClN4O. The highest BCUT2D eigenvalue weighted by Crippen LogP contribution is 2.22. The van der Waals surface area contributed by atoms with Crippen LogP contribution in [0.4, 0.5) is 0 Å². The molecule has 6 heteroatoms. The minimum Gasteiger partial charge on any atom is -0.365 e. The van der Waals surface area contributed by atoms with E-state index in [0.717, 1.165) is 22.0 Å². The molecule has 0 bridgehead atoms. The quantitative estimate of drug-likeness (QED) is 0.623. The Kier molecular flexibility index (Phi) is 3.43. The minimum absolute atomic E-state index is 0.427. The van der Waals surface area contributed by atoms with E-state index in [1.165, 1.54) is 0 Å². The molecule has 0 atom stereocenters. The molecule has 0 aliphatic rings. The maximum atomic E-state index is 11.6. The van der Waals surface area contributed by atoms with Crippen molar-refractivity contribution in [2.75, 3.05) is 0 Å². The smallest absolute Gasteiger partial charge is 0.252 e. The molecule has 0 radical (unpaired) electrons. The van der Waals surface area contributed by atoms with Gasteiger partial charge in [-0.2, -0.15) is 0 Å². The maximum absolute atomic E-state index is 11.6. The number of pyridine rings is 2. The average molecular weight is 337 g/mol. The highest BCUT2D eigenvalue weighted by molar-refractivity contribution is 6.31. The van der Waals surface area contributed by atoms with Crippen LogP contribution in [-0.4, -0.2) is 20.4 Å². The summed E-state index contributed by atoms with van der Waals surface area (Å²) < 4.78 is 1.97. The molecule has 0 fully saturated rings. The largest absolute Gasteiger partial charge is 0.365 e. The Hall–Kier alpha value is -2.92. The van der Waals surface area contributed by atoms with Gasteiger partial charge < -0.3 is 10.3 Å². The molecule has 0 saturated heterocycles. The summed E-state index contributed by atoms with van der Waals surface area (Å²) in [4.78, 5) is 20.2. The molecule has 0 unspecified atom stereocenters. The third-order valence-corrected chi connectivity index (χ3v) is 4.17. The summed E-state index contributed by atoms with van der Waals surface area (Å²) in [5, 5.41) is 1.58. The first-order valence-electron chi connectivity index (χ1n) is 7.40.